The van der Waals surface area contributed by atoms with Gasteiger partial charge in [-0.15, -0.1) is 0 Å². The van der Waals surface area contributed by atoms with Crippen molar-refractivity contribution in [3.8, 4) is 17.2 Å². The van der Waals surface area contributed by atoms with E-state index in [4.69, 9.17) is 4.74 Å². The summed E-state index contributed by atoms with van der Waals surface area (Å²) in [5.41, 5.74) is 3.56. The molecule has 0 atom stereocenters. The highest BCUT2D eigenvalue weighted by Crippen LogP contribution is 2.39. The molecule has 0 bridgehead atoms. The van der Waals surface area contributed by atoms with E-state index < -0.39 is 11.6 Å². The van der Waals surface area contributed by atoms with E-state index in [1.54, 1.807) is 13.0 Å². The van der Waals surface area contributed by atoms with Gasteiger partial charge in [-0.2, -0.15) is 0 Å². The Hall–Kier alpha value is -3.74. The number of aromatic hydroxyl groups is 2. The Morgan fingerprint density at radius 2 is 1.37 bits per heavy atom. The molecular formula is C23H20N2O5. The van der Waals surface area contributed by atoms with Crippen LogP contribution in [0.4, 0.5) is 0 Å². The molecule has 0 radical (unpaired) electrons. The number of aromatic nitrogens is 2. The van der Waals surface area contributed by atoms with Crippen molar-refractivity contribution >= 4 is 11.6 Å². The molecule has 0 amide bonds. The van der Waals surface area contributed by atoms with Gasteiger partial charge >= 0.3 is 0 Å². The summed E-state index contributed by atoms with van der Waals surface area (Å²) in [6.45, 7) is 7.38. The molecule has 0 saturated carbocycles. The number of phenols is 2. The summed E-state index contributed by atoms with van der Waals surface area (Å²) in [6, 6.07) is 5.68. The second-order valence-corrected chi connectivity index (χ2v) is 7.45. The minimum atomic E-state index is -0.600. The molecule has 7 nitrogen and oxygen atoms in total. The molecule has 4 rings (SSSR count). The molecule has 2 aromatic carbocycles. The number of nitrogens with zero attached hydrogens (tertiary/aromatic N) is 2. The summed E-state index contributed by atoms with van der Waals surface area (Å²) >= 11 is 0. The molecule has 0 fully saturated rings. The molecule has 152 valence electrons. The summed E-state index contributed by atoms with van der Waals surface area (Å²) in [7, 11) is 0. The van der Waals surface area contributed by atoms with Crippen molar-refractivity contribution in [3.05, 3.63) is 74.9 Å². The molecule has 0 spiro atoms. The first kappa shape index (κ1) is 19.6. The minimum Gasteiger partial charge on any atom is -0.507 e. The summed E-state index contributed by atoms with van der Waals surface area (Å²) in [5.74, 6) is -1.49. The number of phenolic OH excluding ortho intramolecular Hbond substituents is 2. The number of ketones is 2. The average molecular weight is 404 g/mol. The second-order valence-electron chi connectivity index (χ2n) is 7.45. The average Bonchev–Trinajstić information content (AvgIpc) is 2.66. The fourth-order valence-corrected chi connectivity index (χ4v) is 3.61. The number of carbonyl (C=O) groups is 2. The second kappa shape index (κ2) is 6.95. The fraction of sp³-hybridized carbons (Fsp3) is 0.217. The number of rotatable bonds is 3. The van der Waals surface area contributed by atoms with E-state index in [0.29, 0.717) is 11.3 Å². The number of carbonyl (C=O) groups excluding carboxylic acids is 2. The van der Waals surface area contributed by atoms with Gasteiger partial charge in [0.2, 0.25) is 5.78 Å². The number of benzene rings is 2. The maximum atomic E-state index is 13.0. The molecule has 1 aromatic heterocycles. The number of fused-ring (bicyclic) bond motifs is 2. The third kappa shape index (κ3) is 3.08. The third-order valence-corrected chi connectivity index (χ3v) is 5.25. The van der Waals surface area contributed by atoms with Gasteiger partial charge in [-0.25, -0.2) is 0 Å². The highest BCUT2D eigenvalue weighted by atomic mass is 16.5. The standard InChI is InChI=1S/C23H20N2O5/c1-10-5-15-20(18(26)6-10)23(29)21-16(22(15)28)7-14(8-19(21)27)30-9-17-13(4)24-11(2)12(3)25-17/h5-8,26-27H,9H2,1-4H3. The third-order valence-electron chi connectivity index (χ3n) is 5.25. The van der Waals surface area contributed by atoms with Crippen LogP contribution in [0.2, 0.25) is 0 Å². The summed E-state index contributed by atoms with van der Waals surface area (Å²) in [6.07, 6.45) is 0. The molecule has 7 heteroatoms. The first-order chi connectivity index (χ1) is 14.2. The lowest BCUT2D eigenvalue weighted by Gasteiger charge is -2.21. The number of aryl methyl sites for hydroxylation is 4. The van der Waals surface area contributed by atoms with Crippen LogP contribution in [0.3, 0.4) is 0 Å². The zero-order chi connectivity index (χ0) is 21.7. The summed E-state index contributed by atoms with van der Waals surface area (Å²) in [5, 5.41) is 20.6. The molecule has 3 aromatic rings. The molecule has 1 aliphatic rings. The Labute approximate surface area is 173 Å². The molecule has 0 saturated heterocycles. The Morgan fingerprint density at radius 1 is 0.767 bits per heavy atom. The van der Waals surface area contributed by atoms with Crippen LogP contribution < -0.4 is 4.74 Å². The van der Waals surface area contributed by atoms with Gasteiger partial charge in [0.05, 0.1) is 33.9 Å². The molecule has 2 N–H and O–H groups in total. The molecule has 0 aliphatic heterocycles. The van der Waals surface area contributed by atoms with Crippen molar-refractivity contribution in [2.45, 2.75) is 34.3 Å². The monoisotopic (exact) mass is 404 g/mol. The van der Waals surface area contributed by atoms with Crippen LogP contribution in [0.1, 0.15) is 60.2 Å². The van der Waals surface area contributed by atoms with E-state index in [1.165, 1.54) is 18.2 Å². The van der Waals surface area contributed by atoms with Crippen molar-refractivity contribution in [1.29, 1.82) is 0 Å². The van der Waals surface area contributed by atoms with E-state index in [9.17, 15) is 19.8 Å². The van der Waals surface area contributed by atoms with Gasteiger partial charge in [-0.05, 0) is 51.5 Å². The first-order valence-corrected chi connectivity index (χ1v) is 9.41. The van der Waals surface area contributed by atoms with E-state index in [2.05, 4.69) is 9.97 Å². The molecule has 30 heavy (non-hydrogen) atoms. The Morgan fingerprint density at radius 3 is 2.07 bits per heavy atom. The van der Waals surface area contributed by atoms with Gasteiger partial charge in [0.25, 0.3) is 0 Å². The van der Waals surface area contributed by atoms with Gasteiger partial charge in [0.15, 0.2) is 5.78 Å². The Bertz CT molecular complexity index is 1250. The largest absolute Gasteiger partial charge is 0.507 e. The van der Waals surface area contributed by atoms with Gasteiger partial charge < -0.3 is 14.9 Å². The topological polar surface area (TPSA) is 110 Å². The Balaban J connectivity index is 1.72. The van der Waals surface area contributed by atoms with E-state index >= 15 is 0 Å². The van der Waals surface area contributed by atoms with E-state index in [-0.39, 0.29) is 46.1 Å². The lowest BCUT2D eigenvalue weighted by Crippen LogP contribution is -2.21. The predicted octanol–water partition coefficient (Wildman–Crippen LogP) is 3.48. The summed E-state index contributed by atoms with van der Waals surface area (Å²) in [4.78, 5) is 34.8. The zero-order valence-corrected chi connectivity index (χ0v) is 17.0. The lowest BCUT2D eigenvalue weighted by molar-refractivity contribution is 0.0973. The van der Waals surface area contributed by atoms with E-state index in [0.717, 1.165) is 17.1 Å². The SMILES string of the molecule is Cc1cc(O)c2c(c1)C(=O)c1cc(OCc3nc(C)c(C)nc3C)cc(O)c1C2=O. The van der Waals surface area contributed by atoms with Crippen molar-refractivity contribution in [1.82, 2.24) is 9.97 Å². The first-order valence-electron chi connectivity index (χ1n) is 9.41. The Kier molecular flexibility index (Phi) is 4.53. The molecular weight excluding hydrogens is 384 g/mol. The van der Waals surface area contributed by atoms with Crippen LogP contribution >= 0.6 is 0 Å². The van der Waals surface area contributed by atoms with Crippen LogP contribution in [0.25, 0.3) is 0 Å². The van der Waals surface area contributed by atoms with Gasteiger partial charge in [-0.3, -0.25) is 19.6 Å². The highest BCUT2D eigenvalue weighted by Gasteiger charge is 2.35. The van der Waals surface area contributed by atoms with Crippen LogP contribution in [-0.2, 0) is 6.61 Å². The zero-order valence-electron chi connectivity index (χ0n) is 17.0. The molecule has 1 aliphatic carbocycles. The minimum absolute atomic E-state index is 0.0374. The van der Waals surface area contributed by atoms with Crippen molar-refractivity contribution in [2.24, 2.45) is 0 Å². The lowest BCUT2D eigenvalue weighted by atomic mass is 9.82. The number of hydrogen-bond acceptors (Lipinski definition) is 7. The van der Waals surface area contributed by atoms with Crippen molar-refractivity contribution in [2.75, 3.05) is 0 Å². The van der Waals surface area contributed by atoms with Crippen LogP contribution in [0.5, 0.6) is 17.2 Å². The maximum Gasteiger partial charge on any atom is 0.201 e. The maximum absolute atomic E-state index is 13.0. The van der Waals surface area contributed by atoms with Gasteiger partial charge in [0, 0.05) is 17.2 Å². The van der Waals surface area contributed by atoms with E-state index in [1.807, 2.05) is 20.8 Å². The quantitative estimate of drug-likeness (QED) is 0.538. The van der Waals surface area contributed by atoms with Crippen LogP contribution in [-0.4, -0.2) is 31.7 Å². The van der Waals surface area contributed by atoms with Gasteiger partial charge in [-0.1, -0.05) is 0 Å². The predicted molar refractivity (Wildman–Crippen MR) is 108 cm³/mol. The molecule has 1 heterocycles. The molecule has 0 unspecified atom stereocenters. The highest BCUT2D eigenvalue weighted by molar-refractivity contribution is 6.30. The number of ether oxygens (including phenoxy) is 1. The van der Waals surface area contributed by atoms with Crippen LogP contribution in [0.15, 0.2) is 24.3 Å². The van der Waals surface area contributed by atoms with Crippen molar-refractivity contribution in [3.63, 3.8) is 0 Å². The van der Waals surface area contributed by atoms with Gasteiger partial charge in [0.1, 0.15) is 23.9 Å². The normalized spacial score (nSPS) is 12.5. The fourth-order valence-electron chi connectivity index (χ4n) is 3.61. The summed E-state index contributed by atoms with van der Waals surface area (Å²) < 4.78 is 5.76. The number of hydrogen-bond donors (Lipinski definition) is 2. The smallest absolute Gasteiger partial charge is 0.201 e. The van der Waals surface area contributed by atoms with Crippen molar-refractivity contribution < 1.29 is 24.5 Å². The van der Waals surface area contributed by atoms with Crippen LogP contribution in [0, 0.1) is 27.7 Å².